The Labute approximate surface area is 131 Å². The van der Waals surface area contributed by atoms with Crippen LogP contribution in [0.25, 0.3) is 22.8 Å². The first-order valence-electron chi connectivity index (χ1n) is 8.14. The van der Waals surface area contributed by atoms with Gasteiger partial charge in [0.05, 0.1) is 23.7 Å². The van der Waals surface area contributed by atoms with Crippen LogP contribution in [0.4, 0.5) is 4.39 Å². The average Bonchev–Trinajstić information content (AvgIpc) is 3.09. The molecule has 1 aromatic heterocycles. The number of rotatable bonds is 3. The first-order valence-corrected chi connectivity index (χ1v) is 6.14. The first-order chi connectivity index (χ1) is 12.4. The molecule has 0 aliphatic rings. The van der Waals surface area contributed by atoms with Gasteiger partial charge in [0.2, 0.25) is 5.82 Å². The molecule has 3 aromatic rings. The zero-order valence-corrected chi connectivity index (χ0v) is 11.3. The SMILES string of the molecule is [2H]c1c([2H])c(C(=O)OC)c([2H])c(-c2noc(-c3ccccc3F)n2)c1[2H]. The Balaban J connectivity index is 2.21. The van der Waals surface area contributed by atoms with Crippen molar-refractivity contribution in [2.45, 2.75) is 0 Å². The van der Waals surface area contributed by atoms with Crippen LogP contribution in [-0.2, 0) is 4.74 Å². The molecule has 0 fully saturated rings. The van der Waals surface area contributed by atoms with Gasteiger partial charge in [0.1, 0.15) is 5.82 Å². The highest BCUT2D eigenvalue weighted by molar-refractivity contribution is 5.90. The Morgan fingerprint density at radius 3 is 2.95 bits per heavy atom. The van der Waals surface area contributed by atoms with Gasteiger partial charge in [-0.1, -0.05) is 29.4 Å². The van der Waals surface area contributed by atoms with E-state index in [1.54, 1.807) is 6.07 Å². The molecule has 1 heterocycles. The van der Waals surface area contributed by atoms with Crippen molar-refractivity contribution in [1.29, 1.82) is 0 Å². The van der Waals surface area contributed by atoms with E-state index in [4.69, 9.17) is 10.0 Å². The number of carbonyl (C=O) groups excluding carboxylic acids is 1. The summed E-state index contributed by atoms with van der Waals surface area (Å²) in [6.07, 6.45) is 0. The molecule has 0 N–H and O–H groups in total. The number of carbonyl (C=O) groups is 1. The predicted molar refractivity (Wildman–Crippen MR) is 76.5 cm³/mol. The molecule has 0 saturated carbocycles. The lowest BCUT2D eigenvalue weighted by Crippen LogP contribution is -2.00. The number of halogens is 1. The van der Waals surface area contributed by atoms with Crippen LogP contribution in [-0.4, -0.2) is 23.2 Å². The highest BCUT2D eigenvalue weighted by Crippen LogP contribution is 2.24. The molecule has 0 aliphatic heterocycles. The van der Waals surface area contributed by atoms with Crippen LogP contribution >= 0.6 is 0 Å². The van der Waals surface area contributed by atoms with Gasteiger partial charge in [0.15, 0.2) is 0 Å². The van der Waals surface area contributed by atoms with Gasteiger partial charge in [-0.15, -0.1) is 0 Å². The molecule has 22 heavy (non-hydrogen) atoms. The molecule has 0 amide bonds. The third-order valence-electron chi connectivity index (χ3n) is 2.77. The van der Waals surface area contributed by atoms with Gasteiger partial charge in [-0.25, -0.2) is 9.18 Å². The third-order valence-corrected chi connectivity index (χ3v) is 2.77. The molecule has 6 heteroatoms. The monoisotopic (exact) mass is 302 g/mol. The normalized spacial score (nSPS) is 13.0. The maximum absolute atomic E-state index is 13.9. The van der Waals surface area contributed by atoms with E-state index in [1.807, 2.05) is 0 Å². The summed E-state index contributed by atoms with van der Waals surface area (Å²) in [6, 6.07) is 3.43. The molecule has 0 aliphatic carbocycles. The summed E-state index contributed by atoms with van der Waals surface area (Å²) in [5.41, 5.74) is -0.737. The number of hydrogen-bond acceptors (Lipinski definition) is 5. The van der Waals surface area contributed by atoms with Gasteiger partial charge in [0.25, 0.3) is 5.89 Å². The number of esters is 1. The predicted octanol–water partition coefficient (Wildman–Crippen LogP) is 3.33. The number of benzene rings is 2. The molecule has 0 bridgehead atoms. The fourth-order valence-electron chi connectivity index (χ4n) is 1.73. The molecule has 0 atom stereocenters. The van der Waals surface area contributed by atoms with Crippen molar-refractivity contribution in [2.24, 2.45) is 0 Å². The fourth-order valence-corrected chi connectivity index (χ4v) is 1.73. The molecular weight excluding hydrogens is 287 g/mol. The number of aromatic nitrogens is 2. The third kappa shape index (κ3) is 2.58. The lowest BCUT2D eigenvalue weighted by Gasteiger charge is -2.00. The second-order valence-corrected chi connectivity index (χ2v) is 4.14. The van der Waals surface area contributed by atoms with Gasteiger partial charge >= 0.3 is 5.97 Å². The smallest absolute Gasteiger partial charge is 0.337 e. The van der Waals surface area contributed by atoms with Gasteiger partial charge < -0.3 is 9.26 Å². The zero-order chi connectivity index (χ0) is 19.0. The number of methoxy groups -OCH3 is 1. The lowest BCUT2D eigenvalue weighted by molar-refractivity contribution is 0.0601. The summed E-state index contributed by atoms with van der Waals surface area (Å²) in [7, 11) is 1.07. The van der Waals surface area contributed by atoms with E-state index < -0.39 is 41.5 Å². The molecule has 3 rings (SSSR count). The maximum Gasteiger partial charge on any atom is 0.337 e. The van der Waals surface area contributed by atoms with Crippen LogP contribution in [0.3, 0.4) is 0 Å². The number of hydrogen-bond donors (Lipinski definition) is 0. The quantitative estimate of drug-likeness (QED) is 0.694. The lowest BCUT2D eigenvalue weighted by atomic mass is 10.1. The minimum Gasteiger partial charge on any atom is -0.465 e. The molecule has 0 spiro atoms. The fraction of sp³-hybridized carbons (Fsp3) is 0.0625. The van der Waals surface area contributed by atoms with Gasteiger partial charge in [-0.2, -0.15) is 4.98 Å². The van der Waals surface area contributed by atoms with Gasteiger partial charge in [-0.05, 0) is 24.2 Å². The topological polar surface area (TPSA) is 65.2 Å². The first kappa shape index (κ1) is 9.83. The van der Waals surface area contributed by atoms with E-state index >= 15 is 0 Å². The summed E-state index contributed by atoms with van der Waals surface area (Å²) in [6.45, 7) is 0. The Bertz CT molecular complexity index is 1020. The molecule has 2 aromatic carbocycles. The van der Waals surface area contributed by atoms with E-state index in [9.17, 15) is 9.18 Å². The summed E-state index contributed by atoms with van der Waals surface area (Å²) < 4.78 is 55.1. The van der Waals surface area contributed by atoms with Gasteiger partial charge in [0, 0.05) is 5.56 Å². The van der Waals surface area contributed by atoms with Gasteiger partial charge in [-0.3, -0.25) is 0 Å². The largest absolute Gasteiger partial charge is 0.465 e. The molecule has 0 radical (unpaired) electrons. The van der Waals surface area contributed by atoms with Crippen molar-refractivity contribution < 1.29 is 23.9 Å². The van der Waals surface area contributed by atoms with Crippen molar-refractivity contribution in [3.05, 3.63) is 59.8 Å². The van der Waals surface area contributed by atoms with Crippen molar-refractivity contribution in [2.75, 3.05) is 7.11 Å². The van der Waals surface area contributed by atoms with Crippen LogP contribution in [0.1, 0.15) is 15.8 Å². The average molecular weight is 302 g/mol. The number of nitrogens with zero attached hydrogens (tertiary/aromatic N) is 2. The molecule has 0 unspecified atom stereocenters. The Hall–Kier alpha value is -3.02. The van der Waals surface area contributed by atoms with E-state index in [0.717, 1.165) is 7.11 Å². The van der Waals surface area contributed by atoms with E-state index in [1.165, 1.54) is 18.2 Å². The van der Waals surface area contributed by atoms with Crippen LogP contribution < -0.4 is 0 Å². The zero-order valence-electron chi connectivity index (χ0n) is 15.3. The summed E-state index contributed by atoms with van der Waals surface area (Å²) in [5, 5.41) is 3.63. The molecular formula is C16H11FN2O3. The van der Waals surface area contributed by atoms with Crippen molar-refractivity contribution in [1.82, 2.24) is 10.1 Å². The Morgan fingerprint density at radius 2 is 2.18 bits per heavy atom. The van der Waals surface area contributed by atoms with Crippen LogP contribution in [0.5, 0.6) is 0 Å². The summed E-state index contributed by atoms with van der Waals surface area (Å²) >= 11 is 0. The summed E-state index contributed by atoms with van der Waals surface area (Å²) in [4.78, 5) is 15.8. The second-order valence-electron chi connectivity index (χ2n) is 4.14. The standard InChI is InChI=1S/C16H11FN2O3/c1-21-16(20)11-6-4-5-10(9-11)14-18-15(22-19-14)12-7-2-3-8-13(12)17/h2-9H,1H3/i4D,5D,6D,9D. The minimum atomic E-state index is -0.993. The minimum absolute atomic E-state index is 0.0284. The van der Waals surface area contributed by atoms with Crippen LogP contribution in [0.15, 0.2) is 53.0 Å². The molecule has 110 valence electrons. The highest BCUT2D eigenvalue weighted by atomic mass is 19.1. The highest BCUT2D eigenvalue weighted by Gasteiger charge is 2.15. The maximum atomic E-state index is 13.9. The van der Waals surface area contributed by atoms with E-state index in [-0.39, 0.29) is 22.8 Å². The van der Waals surface area contributed by atoms with Crippen molar-refractivity contribution >= 4 is 5.97 Å². The van der Waals surface area contributed by atoms with Crippen LogP contribution in [0, 0.1) is 5.82 Å². The van der Waals surface area contributed by atoms with Crippen LogP contribution in [0.2, 0.25) is 0 Å². The Morgan fingerprint density at radius 1 is 1.36 bits per heavy atom. The Kier molecular flexibility index (Phi) is 2.58. The molecule has 5 nitrogen and oxygen atoms in total. The van der Waals surface area contributed by atoms with Crippen molar-refractivity contribution in [3.63, 3.8) is 0 Å². The van der Waals surface area contributed by atoms with E-state index in [0.29, 0.717) is 0 Å². The number of ether oxygens (including phenoxy) is 1. The second kappa shape index (κ2) is 5.77. The van der Waals surface area contributed by atoms with E-state index in [2.05, 4.69) is 14.9 Å². The summed E-state index contributed by atoms with van der Waals surface area (Å²) in [5.74, 6) is -2.04. The molecule has 0 saturated heterocycles. The van der Waals surface area contributed by atoms with Crippen molar-refractivity contribution in [3.8, 4) is 22.8 Å².